The highest BCUT2D eigenvalue weighted by Gasteiger charge is 2.10. The van der Waals surface area contributed by atoms with E-state index in [-0.39, 0.29) is 0 Å². The van der Waals surface area contributed by atoms with Gasteiger partial charge in [-0.2, -0.15) is 0 Å². The highest BCUT2D eigenvalue weighted by Crippen LogP contribution is 2.16. The summed E-state index contributed by atoms with van der Waals surface area (Å²) in [5.41, 5.74) is 0. The van der Waals surface area contributed by atoms with Crippen LogP contribution in [0.4, 0.5) is 0 Å². The Bertz CT molecular complexity index is 246. The smallest absolute Gasteiger partial charge is 0.109 e. The van der Waals surface area contributed by atoms with Crippen molar-refractivity contribution in [3.05, 3.63) is 16.6 Å². The predicted octanol–water partition coefficient (Wildman–Crippen LogP) is 3.76. The van der Waals surface area contributed by atoms with Gasteiger partial charge < -0.3 is 5.32 Å². The molecule has 2 atom stereocenters. The first-order valence-corrected chi connectivity index (χ1v) is 6.77. The third-order valence-electron chi connectivity index (χ3n) is 2.60. The van der Waals surface area contributed by atoms with Crippen LogP contribution in [0.5, 0.6) is 0 Å². The Morgan fingerprint density at radius 3 is 2.80 bits per heavy atom. The minimum Gasteiger partial charge on any atom is -0.306 e. The Balaban J connectivity index is 2.22. The Morgan fingerprint density at radius 2 is 2.20 bits per heavy atom. The molecule has 1 rings (SSSR count). The van der Waals surface area contributed by atoms with Crippen LogP contribution in [0.2, 0.25) is 0 Å². The van der Waals surface area contributed by atoms with E-state index in [2.05, 4.69) is 31.1 Å². The van der Waals surface area contributed by atoms with Gasteiger partial charge in [0, 0.05) is 17.6 Å². The number of aromatic nitrogens is 1. The van der Waals surface area contributed by atoms with Crippen LogP contribution < -0.4 is 5.32 Å². The van der Waals surface area contributed by atoms with Crippen molar-refractivity contribution in [2.45, 2.75) is 58.5 Å². The van der Waals surface area contributed by atoms with Crippen LogP contribution in [0.15, 0.2) is 11.6 Å². The molecule has 0 fully saturated rings. The number of unbranched alkanes of at least 4 members (excludes halogenated alkanes) is 2. The largest absolute Gasteiger partial charge is 0.306 e. The Labute approximate surface area is 97.1 Å². The number of hydrogen-bond donors (Lipinski definition) is 1. The molecule has 0 radical (unpaired) electrons. The summed E-state index contributed by atoms with van der Waals surface area (Å²) < 4.78 is 0. The van der Waals surface area contributed by atoms with Crippen molar-refractivity contribution in [1.29, 1.82) is 0 Å². The first-order valence-electron chi connectivity index (χ1n) is 5.89. The highest BCUT2D eigenvalue weighted by molar-refractivity contribution is 7.09. The molecule has 0 bridgehead atoms. The van der Waals surface area contributed by atoms with Gasteiger partial charge in [0.25, 0.3) is 0 Å². The van der Waals surface area contributed by atoms with Crippen molar-refractivity contribution in [3.63, 3.8) is 0 Å². The fourth-order valence-electron chi connectivity index (χ4n) is 1.73. The van der Waals surface area contributed by atoms with E-state index >= 15 is 0 Å². The Morgan fingerprint density at radius 1 is 1.40 bits per heavy atom. The predicted molar refractivity (Wildman–Crippen MR) is 67.3 cm³/mol. The minimum absolute atomic E-state index is 0.390. The maximum atomic E-state index is 4.32. The van der Waals surface area contributed by atoms with Gasteiger partial charge in [-0.05, 0) is 20.3 Å². The normalized spacial score (nSPS) is 15.1. The van der Waals surface area contributed by atoms with Gasteiger partial charge in [0.2, 0.25) is 0 Å². The number of thiazole rings is 1. The summed E-state index contributed by atoms with van der Waals surface area (Å²) in [6.45, 7) is 6.70. The molecular weight excluding hydrogens is 204 g/mol. The molecule has 15 heavy (non-hydrogen) atoms. The van der Waals surface area contributed by atoms with Crippen LogP contribution in [-0.4, -0.2) is 11.0 Å². The van der Waals surface area contributed by atoms with Crippen LogP contribution in [0.1, 0.15) is 57.5 Å². The maximum absolute atomic E-state index is 4.32. The molecule has 0 aliphatic heterocycles. The summed E-state index contributed by atoms with van der Waals surface area (Å²) in [5, 5.41) is 6.82. The SMILES string of the molecule is CCCCCC(C)NC(C)c1nccs1. The molecule has 0 aliphatic carbocycles. The van der Waals surface area contributed by atoms with E-state index in [9.17, 15) is 0 Å². The second-order valence-corrected chi connectivity index (χ2v) is 5.08. The second kappa shape index (κ2) is 6.96. The molecule has 1 N–H and O–H groups in total. The molecule has 1 heterocycles. The minimum atomic E-state index is 0.390. The lowest BCUT2D eigenvalue weighted by Crippen LogP contribution is -2.28. The molecule has 1 aromatic heterocycles. The molecule has 2 unspecified atom stereocenters. The van der Waals surface area contributed by atoms with Gasteiger partial charge in [0.15, 0.2) is 0 Å². The maximum Gasteiger partial charge on any atom is 0.109 e. The number of nitrogens with zero attached hydrogens (tertiary/aromatic N) is 1. The molecular formula is C12H22N2S. The molecule has 86 valence electrons. The van der Waals surface area contributed by atoms with E-state index in [4.69, 9.17) is 0 Å². The van der Waals surface area contributed by atoms with Gasteiger partial charge in [-0.1, -0.05) is 26.2 Å². The first kappa shape index (κ1) is 12.7. The van der Waals surface area contributed by atoms with E-state index in [0.717, 1.165) is 0 Å². The average Bonchev–Trinajstić information content (AvgIpc) is 2.70. The van der Waals surface area contributed by atoms with E-state index in [1.165, 1.54) is 30.7 Å². The van der Waals surface area contributed by atoms with Crippen LogP contribution in [0.25, 0.3) is 0 Å². The van der Waals surface area contributed by atoms with Crippen molar-refractivity contribution in [3.8, 4) is 0 Å². The first-order chi connectivity index (χ1) is 7.24. The van der Waals surface area contributed by atoms with Gasteiger partial charge in [-0.25, -0.2) is 4.98 Å². The molecule has 0 amide bonds. The third kappa shape index (κ3) is 4.76. The van der Waals surface area contributed by atoms with Gasteiger partial charge in [0.1, 0.15) is 5.01 Å². The lowest BCUT2D eigenvalue weighted by Gasteiger charge is -2.18. The summed E-state index contributed by atoms with van der Waals surface area (Å²) in [6.07, 6.45) is 7.12. The number of hydrogen-bond acceptors (Lipinski definition) is 3. The molecule has 1 aromatic rings. The summed E-state index contributed by atoms with van der Waals surface area (Å²) in [5.74, 6) is 0. The van der Waals surface area contributed by atoms with Gasteiger partial charge >= 0.3 is 0 Å². The fourth-order valence-corrected chi connectivity index (χ4v) is 2.39. The molecule has 0 spiro atoms. The van der Waals surface area contributed by atoms with Gasteiger partial charge in [0.05, 0.1) is 6.04 Å². The van der Waals surface area contributed by atoms with Gasteiger partial charge in [-0.15, -0.1) is 11.3 Å². The van der Waals surface area contributed by atoms with E-state index in [1.54, 1.807) is 11.3 Å². The summed E-state index contributed by atoms with van der Waals surface area (Å²) in [4.78, 5) is 4.32. The number of nitrogens with one attached hydrogen (secondary N) is 1. The van der Waals surface area contributed by atoms with E-state index in [1.807, 2.05) is 11.6 Å². The van der Waals surface area contributed by atoms with Crippen molar-refractivity contribution in [2.24, 2.45) is 0 Å². The molecule has 2 nitrogen and oxygen atoms in total. The van der Waals surface area contributed by atoms with Gasteiger partial charge in [-0.3, -0.25) is 0 Å². The Hall–Kier alpha value is -0.410. The molecule has 3 heteroatoms. The summed E-state index contributed by atoms with van der Waals surface area (Å²) >= 11 is 1.73. The van der Waals surface area contributed by atoms with Crippen molar-refractivity contribution in [2.75, 3.05) is 0 Å². The molecule has 0 saturated carbocycles. The van der Waals surface area contributed by atoms with Crippen molar-refractivity contribution in [1.82, 2.24) is 10.3 Å². The van der Waals surface area contributed by atoms with Crippen LogP contribution in [0, 0.1) is 0 Å². The Kier molecular flexibility index (Phi) is 5.88. The average molecular weight is 226 g/mol. The fraction of sp³-hybridized carbons (Fsp3) is 0.750. The van der Waals surface area contributed by atoms with Crippen molar-refractivity contribution < 1.29 is 0 Å². The zero-order valence-corrected chi connectivity index (χ0v) is 10.8. The van der Waals surface area contributed by atoms with E-state index < -0.39 is 0 Å². The lowest BCUT2D eigenvalue weighted by molar-refractivity contribution is 0.439. The lowest BCUT2D eigenvalue weighted by atomic mass is 10.1. The quantitative estimate of drug-likeness (QED) is 0.716. The van der Waals surface area contributed by atoms with E-state index in [0.29, 0.717) is 12.1 Å². The van der Waals surface area contributed by atoms with Crippen molar-refractivity contribution >= 4 is 11.3 Å². The highest BCUT2D eigenvalue weighted by atomic mass is 32.1. The zero-order valence-electron chi connectivity index (χ0n) is 9.99. The zero-order chi connectivity index (χ0) is 11.1. The monoisotopic (exact) mass is 226 g/mol. The number of rotatable bonds is 7. The molecule has 0 saturated heterocycles. The summed E-state index contributed by atoms with van der Waals surface area (Å²) in [7, 11) is 0. The second-order valence-electron chi connectivity index (χ2n) is 4.16. The van der Waals surface area contributed by atoms with Crippen LogP contribution in [-0.2, 0) is 0 Å². The van der Waals surface area contributed by atoms with Crippen LogP contribution in [0.3, 0.4) is 0 Å². The van der Waals surface area contributed by atoms with Crippen LogP contribution >= 0.6 is 11.3 Å². The topological polar surface area (TPSA) is 24.9 Å². The molecule has 0 aromatic carbocycles. The third-order valence-corrected chi connectivity index (χ3v) is 3.56. The summed E-state index contributed by atoms with van der Waals surface area (Å²) in [6, 6.07) is 0.983. The standard InChI is InChI=1S/C12H22N2S/c1-4-5-6-7-10(2)14-11(3)12-13-8-9-15-12/h8-11,14H,4-7H2,1-3H3. The molecule has 0 aliphatic rings.